The largest absolute Gasteiger partial charge is 0.325 e. The van der Waals surface area contributed by atoms with Gasteiger partial charge >= 0.3 is 0 Å². The van der Waals surface area contributed by atoms with Crippen LogP contribution in [0.4, 0.5) is 5.69 Å². The van der Waals surface area contributed by atoms with Gasteiger partial charge in [0.2, 0.25) is 15.9 Å². The number of carbonyl (C=O) groups is 1. The third kappa shape index (κ3) is 5.83. The van der Waals surface area contributed by atoms with E-state index in [0.717, 1.165) is 35.1 Å². The fourth-order valence-electron chi connectivity index (χ4n) is 3.05. The number of benzene rings is 2. The maximum atomic E-state index is 12.7. The Morgan fingerprint density at radius 2 is 1.79 bits per heavy atom. The van der Waals surface area contributed by atoms with Crippen molar-refractivity contribution in [3.05, 3.63) is 58.6 Å². The number of anilines is 1. The highest BCUT2D eigenvalue weighted by atomic mass is 79.9. The highest BCUT2D eigenvalue weighted by Crippen LogP contribution is 2.22. The van der Waals surface area contributed by atoms with Crippen molar-refractivity contribution in [2.24, 2.45) is 0 Å². The summed E-state index contributed by atoms with van der Waals surface area (Å²) < 4.78 is 27.9. The summed E-state index contributed by atoms with van der Waals surface area (Å²) in [4.78, 5) is 12.4. The van der Waals surface area contributed by atoms with Crippen LogP contribution in [0, 0.1) is 0 Å². The van der Waals surface area contributed by atoms with E-state index in [2.05, 4.69) is 21.2 Å². The smallest absolute Gasteiger partial charge is 0.243 e. The molecule has 0 bridgehead atoms. The molecular weight excluding hydrogens is 460 g/mol. The number of nitrogens with zero attached hydrogens (tertiary/aromatic N) is 1. The van der Waals surface area contributed by atoms with Crippen LogP contribution >= 0.6 is 27.7 Å². The minimum Gasteiger partial charge on any atom is -0.325 e. The molecule has 8 heteroatoms. The SMILES string of the molecule is O=C(CSCc1cccc(Br)c1)Nc1ccc(S(=O)(=O)N2CCCCC2)cc1. The van der Waals surface area contributed by atoms with Crippen molar-refractivity contribution >= 4 is 49.3 Å². The van der Waals surface area contributed by atoms with Crippen LogP contribution in [-0.2, 0) is 20.6 Å². The third-order valence-corrected chi connectivity index (χ3v) is 7.89. The van der Waals surface area contributed by atoms with E-state index in [-0.39, 0.29) is 10.8 Å². The molecule has 0 aliphatic carbocycles. The van der Waals surface area contributed by atoms with E-state index >= 15 is 0 Å². The summed E-state index contributed by atoms with van der Waals surface area (Å²) in [7, 11) is -3.44. The molecule has 0 radical (unpaired) electrons. The van der Waals surface area contributed by atoms with Crippen molar-refractivity contribution < 1.29 is 13.2 Å². The maximum absolute atomic E-state index is 12.7. The molecular formula is C20H23BrN2O3S2. The summed E-state index contributed by atoms with van der Waals surface area (Å²) in [6.07, 6.45) is 2.90. The van der Waals surface area contributed by atoms with Gasteiger partial charge in [-0.15, -0.1) is 11.8 Å². The predicted molar refractivity (Wildman–Crippen MR) is 118 cm³/mol. The molecule has 2 aromatic rings. The highest BCUT2D eigenvalue weighted by molar-refractivity contribution is 9.10. The molecule has 1 aliphatic heterocycles. The Balaban J connectivity index is 1.51. The average molecular weight is 483 g/mol. The molecule has 5 nitrogen and oxygen atoms in total. The van der Waals surface area contributed by atoms with Gasteiger partial charge in [-0.2, -0.15) is 4.31 Å². The van der Waals surface area contributed by atoms with E-state index in [1.54, 1.807) is 28.6 Å². The number of hydrogen-bond donors (Lipinski definition) is 1. The van der Waals surface area contributed by atoms with E-state index in [1.165, 1.54) is 11.8 Å². The summed E-state index contributed by atoms with van der Waals surface area (Å²) >= 11 is 4.97. The normalized spacial score (nSPS) is 15.3. The van der Waals surface area contributed by atoms with Crippen LogP contribution in [0.25, 0.3) is 0 Å². The first-order valence-corrected chi connectivity index (χ1v) is 12.6. The summed E-state index contributed by atoms with van der Waals surface area (Å²) in [5, 5.41) is 2.82. The lowest BCUT2D eigenvalue weighted by atomic mass is 10.2. The maximum Gasteiger partial charge on any atom is 0.243 e. The summed E-state index contributed by atoms with van der Waals surface area (Å²) in [6.45, 7) is 1.16. The van der Waals surface area contributed by atoms with E-state index in [0.29, 0.717) is 24.5 Å². The van der Waals surface area contributed by atoms with Crippen molar-refractivity contribution in [1.82, 2.24) is 4.31 Å². The number of halogens is 1. The Hall–Kier alpha value is -1.35. The molecule has 1 amide bonds. The van der Waals surface area contributed by atoms with Crippen LogP contribution in [0.15, 0.2) is 57.9 Å². The molecule has 0 saturated carbocycles. The van der Waals surface area contributed by atoms with Gasteiger partial charge < -0.3 is 5.32 Å². The van der Waals surface area contributed by atoms with Crippen LogP contribution in [0.5, 0.6) is 0 Å². The fraction of sp³-hybridized carbons (Fsp3) is 0.350. The molecule has 28 heavy (non-hydrogen) atoms. The number of rotatable bonds is 7. The predicted octanol–water partition coefficient (Wildman–Crippen LogP) is 4.50. The highest BCUT2D eigenvalue weighted by Gasteiger charge is 2.25. The van der Waals surface area contributed by atoms with Crippen LogP contribution in [-0.4, -0.2) is 37.5 Å². The number of thioether (sulfide) groups is 1. The van der Waals surface area contributed by atoms with E-state index in [1.807, 2.05) is 24.3 Å². The van der Waals surface area contributed by atoms with Gasteiger partial charge in [0.05, 0.1) is 10.6 Å². The fourth-order valence-corrected chi connectivity index (χ4v) is 5.79. The van der Waals surface area contributed by atoms with Gasteiger partial charge in [0.25, 0.3) is 0 Å². The Morgan fingerprint density at radius 1 is 1.07 bits per heavy atom. The lowest BCUT2D eigenvalue weighted by Crippen LogP contribution is -2.35. The minimum atomic E-state index is -3.44. The lowest BCUT2D eigenvalue weighted by molar-refractivity contribution is -0.113. The minimum absolute atomic E-state index is 0.105. The van der Waals surface area contributed by atoms with Crippen LogP contribution in [0.2, 0.25) is 0 Å². The molecule has 1 saturated heterocycles. The second-order valence-electron chi connectivity index (χ2n) is 6.66. The second kappa shape index (κ2) is 9.91. The molecule has 0 unspecified atom stereocenters. The molecule has 3 rings (SSSR count). The molecule has 1 aliphatic rings. The standard InChI is InChI=1S/C20H23BrN2O3S2/c21-17-6-4-5-16(13-17)14-27-15-20(24)22-18-7-9-19(10-8-18)28(25,26)23-11-2-1-3-12-23/h4-10,13H,1-3,11-12,14-15H2,(H,22,24). The van der Waals surface area contributed by atoms with Crippen molar-refractivity contribution in [3.8, 4) is 0 Å². The van der Waals surface area contributed by atoms with Gasteiger partial charge in [0.1, 0.15) is 0 Å². The lowest BCUT2D eigenvalue weighted by Gasteiger charge is -2.25. The Bertz CT molecular complexity index is 911. The van der Waals surface area contributed by atoms with Gasteiger partial charge in [-0.05, 0) is 54.8 Å². The molecule has 1 N–H and O–H groups in total. The van der Waals surface area contributed by atoms with Gasteiger partial charge in [0, 0.05) is 29.0 Å². The Kier molecular flexibility index (Phi) is 7.56. The number of carbonyl (C=O) groups excluding carboxylic acids is 1. The zero-order chi connectivity index (χ0) is 20.0. The van der Waals surface area contributed by atoms with E-state index < -0.39 is 10.0 Å². The molecule has 0 spiro atoms. The quantitative estimate of drug-likeness (QED) is 0.630. The van der Waals surface area contributed by atoms with Crippen LogP contribution in [0.3, 0.4) is 0 Å². The summed E-state index contributed by atoms with van der Waals surface area (Å²) in [5.41, 5.74) is 1.75. The second-order valence-corrected chi connectivity index (χ2v) is 10.5. The van der Waals surface area contributed by atoms with Crippen molar-refractivity contribution in [2.45, 2.75) is 29.9 Å². The zero-order valence-corrected chi connectivity index (χ0v) is 18.7. The topological polar surface area (TPSA) is 66.5 Å². The van der Waals surface area contributed by atoms with Crippen LogP contribution < -0.4 is 5.32 Å². The third-order valence-electron chi connectivity index (χ3n) is 4.48. The Labute approximate surface area is 179 Å². The number of piperidine rings is 1. The van der Waals surface area contributed by atoms with Crippen molar-refractivity contribution in [1.29, 1.82) is 0 Å². The number of sulfonamides is 1. The number of nitrogens with one attached hydrogen (secondary N) is 1. The number of hydrogen-bond acceptors (Lipinski definition) is 4. The molecule has 0 atom stereocenters. The average Bonchev–Trinajstić information content (AvgIpc) is 2.69. The molecule has 150 valence electrons. The van der Waals surface area contributed by atoms with Crippen LogP contribution in [0.1, 0.15) is 24.8 Å². The van der Waals surface area contributed by atoms with Gasteiger partial charge in [-0.3, -0.25) is 4.79 Å². The summed E-state index contributed by atoms with van der Waals surface area (Å²) in [6, 6.07) is 14.4. The van der Waals surface area contributed by atoms with Crippen molar-refractivity contribution in [3.63, 3.8) is 0 Å². The molecule has 0 aromatic heterocycles. The first-order valence-electron chi connectivity index (χ1n) is 9.17. The first kappa shape index (κ1) is 21.4. The molecule has 1 heterocycles. The van der Waals surface area contributed by atoms with Crippen molar-refractivity contribution in [2.75, 3.05) is 24.2 Å². The number of amides is 1. The molecule has 2 aromatic carbocycles. The summed E-state index contributed by atoms with van der Waals surface area (Å²) in [5.74, 6) is 0.979. The van der Waals surface area contributed by atoms with E-state index in [9.17, 15) is 13.2 Å². The van der Waals surface area contributed by atoms with Gasteiger partial charge in [0.15, 0.2) is 0 Å². The monoisotopic (exact) mass is 482 g/mol. The first-order chi connectivity index (χ1) is 13.4. The Morgan fingerprint density at radius 3 is 2.46 bits per heavy atom. The van der Waals surface area contributed by atoms with Gasteiger partial charge in [-0.25, -0.2) is 8.42 Å². The van der Waals surface area contributed by atoms with Gasteiger partial charge in [-0.1, -0.05) is 34.5 Å². The van der Waals surface area contributed by atoms with E-state index in [4.69, 9.17) is 0 Å². The zero-order valence-electron chi connectivity index (χ0n) is 15.4. The molecule has 1 fully saturated rings.